The van der Waals surface area contributed by atoms with Crippen LogP contribution < -0.4 is 0 Å². The molecule has 0 spiro atoms. The van der Waals surface area contributed by atoms with Crippen molar-refractivity contribution in [3.63, 3.8) is 0 Å². The van der Waals surface area contributed by atoms with Gasteiger partial charge in [-0.3, -0.25) is 4.79 Å². The van der Waals surface area contributed by atoms with E-state index in [1.807, 2.05) is 0 Å². The maximum Gasteiger partial charge on any atom is 0.303 e. The predicted molar refractivity (Wildman–Crippen MR) is 57.7 cm³/mol. The number of hydrogen-bond donors (Lipinski definition) is 1. The quantitative estimate of drug-likeness (QED) is 0.810. The van der Waals surface area contributed by atoms with Crippen LogP contribution in [0.4, 0.5) is 4.39 Å². The van der Waals surface area contributed by atoms with E-state index < -0.39 is 5.97 Å². The van der Waals surface area contributed by atoms with Crippen molar-refractivity contribution in [2.24, 2.45) is 0 Å². The van der Waals surface area contributed by atoms with E-state index in [9.17, 15) is 9.18 Å². The Hall–Kier alpha value is -1.42. The van der Waals surface area contributed by atoms with Gasteiger partial charge in [-0.2, -0.15) is 0 Å². The molecule has 1 aromatic rings. The largest absolute Gasteiger partial charge is 0.481 e. The van der Waals surface area contributed by atoms with Gasteiger partial charge in [-0.1, -0.05) is 12.1 Å². The Morgan fingerprint density at radius 2 is 2.25 bits per heavy atom. The number of carboxylic acid groups (broad SMARTS) is 1. The molecular formula is C12H15FO3. The van der Waals surface area contributed by atoms with Crippen LogP contribution in [-0.4, -0.2) is 18.2 Å². The fraction of sp³-hybridized carbons (Fsp3) is 0.417. The summed E-state index contributed by atoms with van der Waals surface area (Å²) >= 11 is 0. The summed E-state index contributed by atoms with van der Waals surface area (Å²) in [5.41, 5.74) is 1.34. The van der Waals surface area contributed by atoms with E-state index in [1.165, 1.54) is 13.2 Å². The van der Waals surface area contributed by atoms with Crippen LogP contribution >= 0.6 is 0 Å². The zero-order chi connectivity index (χ0) is 12.0. The smallest absolute Gasteiger partial charge is 0.303 e. The van der Waals surface area contributed by atoms with Crippen LogP contribution in [-0.2, 0) is 22.6 Å². The van der Waals surface area contributed by atoms with Crippen molar-refractivity contribution in [3.05, 3.63) is 35.1 Å². The van der Waals surface area contributed by atoms with Crippen LogP contribution in [0.5, 0.6) is 0 Å². The lowest BCUT2D eigenvalue weighted by Gasteiger charge is -2.05. The molecule has 0 aromatic heterocycles. The third kappa shape index (κ3) is 3.98. The van der Waals surface area contributed by atoms with Crippen molar-refractivity contribution in [3.8, 4) is 0 Å². The van der Waals surface area contributed by atoms with E-state index in [-0.39, 0.29) is 18.8 Å². The van der Waals surface area contributed by atoms with Gasteiger partial charge in [0.05, 0.1) is 6.61 Å². The SMILES string of the molecule is COCc1ccc(CCCC(=O)O)cc1F. The van der Waals surface area contributed by atoms with Gasteiger partial charge in [0.25, 0.3) is 0 Å². The average Bonchev–Trinajstić information content (AvgIpc) is 2.21. The topological polar surface area (TPSA) is 46.5 Å². The van der Waals surface area contributed by atoms with Crippen molar-refractivity contribution in [2.75, 3.05) is 7.11 Å². The lowest BCUT2D eigenvalue weighted by molar-refractivity contribution is -0.137. The lowest BCUT2D eigenvalue weighted by atomic mass is 10.1. The van der Waals surface area contributed by atoms with E-state index in [1.54, 1.807) is 12.1 Å². The predicted octanol–water partition coefficient (Wildman–Crippen LogP) is 2.38. The molecule has 0 amide bonds. The van der Waals surface area contributed by atoms with E-state index in [4.69, 9.17) is 9.84 Å². The Labute approximate surface area is 93.9 Å². The Bertz CT molecular complexity index is 363. The number of rotatable bonds is 6. The summed E-state index contributed by atoms with van der Waals surface area (Å²) in [6, 6.07) is 4.92. The summed E-state index contributed by atoms with van der Waals surface area (Å²) in [4.78, 5) is 10.3. The van der Waals surface area contributed by atoms with Gasteiger partial charge in [-0.05, 0) is 24.5 Å². The summed E-state index contributed by atoms with van der Waals surface area (Å²) in [5.74, 6) is -1.12. The first-order valence-corrected chi connectivity index (χ1v) is 5.11. The molecule has 0 radical (unpaired) electrons. The van der Waals surface area contributed by atoms with Gasteiger partial charge in [0.15, 0.2) is 0 Å². The molecule has 0 saturated carbocycles. The van der Waals surface area contributed by atoms with Crippen molar-refractivity contribution in [2.45, 2.75) is 25.9 Å². The molecule has 0 atom stereocenters. The highest BCUT2D eigenvalue weighted by Gasteiger charge is 2.04. The van der Waals surface area contributed by atoms with Gasteiger partial charge < -0.3 is 9.84 Å². The summed E-state index contributed by atoms with van der Waals surface area (Å²) < 4.78 is 18.3. The van der Waals surface area contributed by atoms with Crippen molar-refractivity contribution in [1.29, 1.82) is 0 Å². The molecule has 0 bridgehead atoms. The van der Waals surface area contributed by atoms with E-state index in [2.05, 4.69) is 0 Å². The molecule has 1 N–H and O–H groups in total. The summed E-state index contributed by atoms with van der Waals surface area (Å²) in [5, 5.41) is 8.47. The Morgan fingerprint density at radius 3 is 2.81 bits per heavy atom. The van der Waals surface area contributed by atoms with Crippen LogP contribution in [0.3, 0.4) is 0 Å². The first-order chi connectivity index (χ1) is 7.63. The molecule has 0 heterocycles. The molecule has 88 valence electrons. The normalized spacial score (nSPS) is 10.4. The van der Waals surface area contributed by atoms with Gasteiger partial charge in [0.2, 0.25) is 0 Å². The molecule has 0 fully saturated rings. The molecule has 16 heavy (non-hydrogen) atoms. The summed E-state index contributed by atoms with van der Waals surface area (Å²) in [6.07, 6.45) is 1.22. The molecule has 0 aliphatic heterocycles. The maximum atomic E-state index is 13.4. The number of aryl methyl sites for hydroxylation is 1. The zero-order valence-corrected chi connectivity index (χ0v) is 9.20. The van der Waals surface area contributed by atoms with Gasteiger partial charge >= 0.3 is 5.97 Å². The number of hydrogen-bond acceptors (Lipinski definition) is 2. The Balaban J connectivity index is 2.55. The molecule has 0 aliphatic rings. The van der Waals surface area contributed by atoms with Crippen LogP contribution in [0.1, 0.15) is 24.0 Å². The highest BCUT2D eigenvalue weighted by atomic mass is 19.1. The maximum absolute atomic E-state index is 13.4. The Kier molecular flexibility index (Phi) is 4.92. The first-order valence-electron chi connectivity index (χ1n) is 5.11. The monoisotopic (exact) mass is 226 g/mol. The number of halogens is 1. The number of carbonyl (C=O) groups is 1. The average molecular weight is 226 g/mol. The number of benzene rings is 1. The lowest BCUT2D eigenvalue weighted by Crippen LogP contribution is -1.98. The minimum Gasteiger partial charge on any atom is -0.481 e. The summed E-state index contributed by atoms with van der Waals surface area (Å²) in [7, 11) is 1.51. The minimum atomic E-state index is -0.823. The highest BCUT2D eigenvalue weighted by molar-refractivity contribution is 5.66. The van der Waals surface area contributed by atoms with E-state index >= 15 is 0 Å². The van der Waals surface area contributed by atoms with Gasteiger partial charge in [-0.15, -0.1) is 0 Å². The van der Waals surface area contributed by atoms with Gasteiger partial charge in [-0.25, -0.2) is 4.39 Å². The van der Waals surface area contributed by atoms with Crippen molar-refractivity contribution >= 4 is 5.97 Å². The van der Waals surface area contributed by atoms with Crippen LogP contribution in [0, 0.1) is 5.82 Å². The van der Waals surface area contributed by atoms with Crippen molar-refractivity contribution < 1.29 is 19.0 Å². The second-order valence-electron chi connectivity index (χ2n) is 3.61. The standard InChI is InChI=1S/C12H15FO3/c1-16-8-10-6-5-9(7-11(10)13)3-2-4-12(14)15/h5-7H,2-4,8H2,1H3,(H,14,15). The highest BCUT2D eigenvalue weighted by Crippen LogP contribution is 2.13. The third-order valence-electron chi connectivity index (χ3n) is 2.27. The van der Waals surface area contributed by atoms with Gasteiger partial charge in [0.1, 0.15) is 5.82 Å². The molecule has 1 rings (SSSR count). The number of ether oxygens (including phenoxy) is 1. The van der Waals surface area contributed by atoms with E-state index in [0.29, 0.717) is 18.4 Å². The van der Waals surface area contributed by atoms with Crippen LogP contribution in [0.25, 0.3) is 0 Å². The first kappa shape index (κ1) is 12.6. The minimum absolute atomic E-state index is 0.113. The molecule has 3 nitrogen and oxygen atoms in total. The molecule has 0 unspecified atom stereocenters. The Morgan fingerprint density at radius 1 is 1.50 bits per heavy atom. The number of aliphatic carboxylic acids is 1. The van der Waals surface area contributed by atoms with Crippen LogP contribution in [0.15, 0.2) is 18.2 Å². The third-order valence-corrected chi connectivity index (χ3v) is 2.27. The second kappa shape index (κ2) is 6.23. The number of methoxy groups -OCH3 is 1. The van der Waals surface area contributed by atoms with E-state index in [0.717, 1.165) is 5.56 Å². The molecule has 0 saturated heterocycles. The fourth-order valence-electron chi connectivity index (χ4n) is 1.46. The van der Waals surface area contributed by atoms with Gasteiger partial charge in [0, 0.05) is 19.1 Å². The zero-order valence-electron chi connectivity index (χ0n) is 9.20. The number of carboxylic acids is 1. The van der Waals surface area contributed by atoms with Crippen LogP contribution in [0.2, 0.25) is 0 Å². The molecule has 4 heteroatoms. The summed E-state index contributed by atoms with van der Waals surface area (Å²) in [6.45, 7) is 0.251. The fourth-order valence-corrected chi connectivity index (χ4v) is 1.46. The molecular weight excluding hydrogens is 211 g/mol. The molecule has 0 aliphatic carbocycles. The van der Waals surface area contributed by atoms with Crippen molar-refractivity contribution in [1.82, 2.24) is 0 Å². The second-order valence-corrected chi connectivity index (χ2v) is 3.61. The molecule has 1 aromatic carbocycles.